The summed E-state index contributed by atoms with van der Waals surface area (Å²) in [4.78, 5) is 22.4. The van der Waals surface area contributed by atoms with E-state index in [-0.39, 0.29) is 12.6 Å². The van der Waals surface area contributed by atoms with Gasteiger partial charge in [0.25, 0.3) is 0 Å². The van der Waals surface area contributed by atoms with Crippen molar-refractivity contribution in [2.45, 2.75) is 9.79 Å². The highest BCUT2D eigenvalue weighted by Gasteiger charge is 2.15. The minimum atomic E-state index is -1.15. The second-order valence-electron chi connectivity index (χ2n) is 6.79. The van der Waals surface area contributed by atoms with Gasteiger partial charge in [0.2, 0.25) is 5.95 Å². The number of aromatic nitrogens is 2. The molecule has 158 valence electrons. The molecule has 4 N–H and O–H groups in total. The molecule has 3 aromatic rings. The minimum absolute atomic E-state index is 0.206. The highest BCUT2D eigenvalue weighted by molar-refractivity contribution is 8.00. The number of nitrogens with zero attached hydrogens (tertiary/aromatic N) is 3. The van der Waals surface area contributed by atoms with Crippen molar-refractivity contribution >= 4 is 52.5 Å². The molecule has 0 radical (unpaired) electrons. The number of nitrogens with one attached hydrogen (secondary N) is 2. The van der Waals surface area contributed by atoms with E-state index in [9.17, 15) is 4.79 Å². The number of imidazole rings is 1. The number of anilines is 2. The molecule has 1 aliphatic heterocycles. The maximum atomic E-state index is 10.8. The first-order chi connectivity index (χ1) is 14.6. The largest absolute Gasteiger partial charge is 0.465 e. The van der Waals surface area contributed by atoms with Crippen molar-refractivity contribution in [3.63, 3.8) is 0 Å². The molecular weight excluding hydrogens is 422 g/mol. The molecule has 0 spiro atoms. The van der Waals surface area contributed by atoms with Crippen LogP contribution in [0, 0.1) is 0 Å². The molecular formula is C20H23N5O3S2. The van der Waals surface area contributed by atoms with Crippen LogP contribution in [-0.2, 0) is 0 Å². The predicted octanol–water partition coefficient (Wildman–Crippen LogP) is 3.57. The third-order valence-electron chi connectivity index (χ3n) is 4.73. The van der Waals surface area contributed by atoms with Gasteiger partial charge in [0, 0.05) is 47.4 Å². The summed E-state index contributed by atoms with van der Waals surface area (Å²) in [7, 11) is 0. The number of aromatic amines is 1. The van der Waals surface area contributed by atoms with Crippen molar-refractivity contribution in [2.75, 3.05) is 48.2 Å². The lowest BCUT2D eigenvalue weighted by Crippen LogP contribution is -2.32. The molecule has 1 aliphatic rings. The van der Waals surface area contributed by atoms with E-state index in [1.807, 2.05) is 30.1 Å². The molecule has 1 aromatic heterocycles. The van der Waals surface area contributed by atoms with Gasteiger partial charge in [-0.05, 0) is 54.4 Å². The summed E-state index contributed by atoms with van der Waals surface area (Å²) < 4.78 is 2.32. The van der Waals surface area contributed by atoms with Crippen LogP contribution in [0.4, 0.5) is 16.4 Å². The molecule has 0 saturated carbocycles. The van der Waals surface area contributed by atoms with Gasteiger partial charge in [0.05, 0.1) is 17.6 Å². The van der Waals surface area contributed by atoms with E-state index < -0.39 is 6.09 Å². The zero-order valence-electron chi connectivity index (χ0n) is 16.2. The lowest BCUT2D eigenvalue weighted by atomic mass is 10.3. The Hall–Kier alpha value is -2.40. The summed E-state index contributed by atoms with van der Waals surface area (Å²) in [5.41, 5.74) is 2.68. The summed E-state index contributed by atoms with van der Waals surface area (Å²) in [6.45, 7) is 3.82. The zero-order valence-corrected chi connectivity index (χ0v) is 17.9. The average molecular weight is 446 g/mol. The van der Waals surface area contributed by atoms with Crippen molar-refractivity contribution in [3.05, 3.63) is 42.5 Å². The fourth-order valence-corrected chi connectivity index (χ4v) is 5.18. The zero-order chi connectivity index (χ0) is 20.9. The van der Waals surface area contributed by atoms with E-state index in [0.29, 0.717) is 5.52 Å². The van der Waals surface area contributed by atoms with Gasteiger partial charge in [0.15, 0.2) is 0 Å². The summed E-state index contributed by atoms with van der Waals surface area (Å²) in [6.07, 6.45) is -1.15. The molecule has 0 atom stereocenters. The third-order valence-corrected chi connectivity index (χ3v) is 6.80. The fourth-order valence-electron chi connectivity index (χ4n) is 3.28. The van der Waals surface area contributed by atoms with Crippen LogP contribution in [0.3, 0.4) is 0 Å². The Morgan fingerprint density at radius 1 is 1.17 bits per heavy atom. The topological polar surface area (TPSA) is 105 Å². The first kappa shape index (κ1) is 20.9. The Labute approximate surface area is 182 Å². The smallest absolute Gasteiger partial charge is 0.411 e. The molecule has 0 bridgehead atoms. The molecule has 2 heterocycles. The average Bonchev–Trinajstić information content (AvgIpc) is 2.96. The third kappa shape index (κ3) is 5.20. The summed E-state index contributed by atoms with van der Waals surface area (Å²) in [5, 5.41) is 20.2. The number of aliphatic hydroxyl groups is 1. The molecule has 30 heavy (non-hydrogen) atoms. The number of benzene rings is 2. The molecule has 0 aliphatic carbocycles. The van der Waals surface area contributed by atoms with Gasteiger partial charge in [-0.2, -0.15) is 0 Å². The molecule has 1 saturated heterocycles. The van der Waals surface area contributed by atoms with Crippen LogP contribution in [0.15, 0.2) is 52.3 Å². The van der Waals surface area contributed by atoms with E-state index in [1.54, 1.807) is 11.8 Å². The van der Waals surface area contributed by atoms with Gasteiger partial charge < -0.3 is 19.5 Å². The number of fused-ring (bicyclic) bond motifs is 1. The number of β-amino-alcohol motifs (C(OH)–C–C–N with tert-alkyl or cyclic N) is 1. The van der Waals surface area contributed by atoms with Gasteiger partial charge in [-0.15, -0.1) is 0 Å². The molecule has 0 unspecified atom stereocenters. The number of H-pyrrole nitrogens is 1. The number of carboxylic acid groups (broad SMARTS) is 1. The quantitative estimate of drug-likeness (QED) is 0.427. The Morgan fingerprint density at radius 2 is 1.97 bits per heavy atom. The Balaban J connectivity index is 1.41. The van der Waals surface area contributed by atoms with E-state index in [4.69, 9.17) is 10.2 Å². The van der Waals surface area contributed by atoms with Crippen LogP contribution >= 0.6 is 23.7 Å². The highest BCUT2D eigenvalue weighted by Crippen LogP contribution is 2.32. The summed E-state index contributed by atoms with van der Waals surface area (Å²) in [6, 6.07) is 14.3. The van der Waals surface area contributed by atoms with Gasteiger partial charge in [-0.3, -0.25) is 10.2 Å². The van der Waals surface area contributed by atoms with Gasteiger partial charge >= 0.3 is 6.09 Å². The van der Waals surface area contributed by atoms with Crippen LogP contribution < -0.4 is 9.62 Å². The first-order valence-corrected chi connectivity index (χ1v) is 11.4. The van der Waals surface area contributed by atoms with Crippen molar-refractivity contribution in [1.29, 1.82) is 0 Å². The van der Waals surface area contributed by atoms with Gasteiger partial charge in [-0.1, -0.05) is 11.8 Å². The number of carbonyl (C=O) groups is 1. The maximum Gasteiger partial charge on any atom is 0.411 e. The lowest BCUT2D eigenvalue weighted by Gasteiger charge is -2.22. The van der Waals surface area contributed by atoms with Crippen LogP contribution in [0.1, 0.15) is 0 Å². The summed E-state index contributed by atoms with van der Waals surface area (Å²) in [5.74, 6) is 1.23. The monoisotopic (exact) mass is 445 g/mol. The lowest BCUT2D eigenvalue weighted by molar-refractivity contribution is 0.208. The molecule has 1 fully saturated rings. The fraction of sp³-hybridized carbons (Fsp3) is 0.300. The highest BCUT2D eigenvalue weighted by atomic mass is 32.2. The van der Waals surface area contributed by atoms with Crippen molar-refractivity contribution in [1.82, 2.24) is 14.9 Å². The predicted molar refractivity (Wildman–Crippen MR) is 122 cm³/mol. The number of amides is 1. The SMILES string of the molecule is O=C(O)Nc1nc2cc(Sc3ccc(N4CCN(CCO)CCS4)cc3)ccc2[nH]1. The normalized spacial score (nSPS) is 15.3. The van der Waals surface area contributed by atoms with Crippen molar-refractivity contribution in [2.24, 2.45) is 0 Å². The Kier molecular flexibility index (Phi) is 6.68. The minimum Gasteiger partial charge on any atom is -0.465 e. The van der Waals surface area contributed by atoms with E-state index >= 15 is 0 Å². The second kappa shape index (κ2) is 9.61. The van der Waals surface area contributed by atoms with Gasteiger partial charge in [-0.25, -0.2) is 9.78 Å². The van der Waals surface area contributed by atoms with Crippen LogP contribution in [0.5, 0.6) is 0 Å². The van der Waals surface area contributed by atoms with Gasteiger partial charge in [0.1, 0.15) is 0 Å². The van der Waals surface area contributed by atoms with Crippen LogP contribution in [0.2, 0.25) is 0 Å². The Morgan fingerprint density at radius 3 is 2.73 bits per heavy atom. The standard InChI is InChI=1S/C20H23N5O3S2/c26-11-9-24-7-8-25(29-12-10-24)14-1-3-15(4-2-14)30-16-5-6-17-18(13-16)22-19(21-17)23-20(27)28/h1-6,13,26H,7-12H2,(H,27,28)(H2,21,22,23). The number of aliphatic hydroxyl groups excluding tert-OH is 1. The Bertz CT molecular complexity index is 1010. The molecule has 8 nitrogen and oxygen atoms in total. The van der Waals surface area contributed by atoms with E-state index in [1.165, 1.54) is 5.69 Å². The second-order valence-corrected chi connectivity index (χ2v) is 9.05. The summed E-state index contributed by atoms with van der Waals surface area (Å²) >= 11 is 3.47. The van der Waals surface area contributed by atoms with Crippen LogP contribution in [-0.4, -0.2) is 69.7 Å². The van der Waals surface area contributed by atoms with Crippen molar-refractivity contribution < 1.29 is 15.0 Å². The molecule has 4 rings (SSSR count). The first-order valence-electron chi connectivity index (χ1n) is 9.62. The van der Waals surface area contributed by atoms with Crippen molar-refractivity contribution in [3.8, 4) is 0 Å². The van der Waals surface area contributed by atoms with Crippen LogP contribution in [0.25, 0.3) is 11.0 Å². The maximum absolute atomic E-state index is 10.8. The number of hydrogen-bond donors (Lipinski definition) is 4. The molecule has 2 aromatic carbocycles. The molecule has 1 amide bonds. The van der Waals surface area contributed by atoms with E-state index in [2.05, 4.69) is 48.8 Å². The number of rotatable bonds is 6. The van der Waals surface area contributed by atoms with E-state index in [0.717, 1.165) is 47.2 Å². The number of hydrogen-bond acceptors (Lipinski definition) is 7. The molecule has 10 heteroatoms.